The Hall–Kier alpha value is -5.88. The molecular weight excluding hydrogens is 944 g/mol. The first-order valence-electron chi connectivity index (χ1n) is 23.6. The van der Waals surface area contributed by atoms with Crippen LogP contribution in [0.4, 0.5) is 28.8 Å². The van der Waals surface area contributed by atoms with E-state index in [1.54, 1.807) is 43.9 Å². The predicted molar refractivity (Wildman–Crippen MR) is 270 cm³/mol. The molecule has 3 aromatic carbocycles. The molecule has 68 heavy (non-hydrogen) atoms. The van der Waals surface area contributed by atoms with Crippen LogP contribution < -0.4 is 30.9 Å². The number of imide groups is 1. The molecule has 0 bridgehead atoms. The average Bonchev–Trinajstić information content (AvgIpc) is 3.64. The minimum absolute atomic E-state index is 0.162. The fourth-order valence-electron chi connectivity index (χ4n) is 10.2. The molecule has 0 radical (unpaired) electrons. The van der Waals surface area contributed by atoms with Crippen molar-refractivity contribution in [2.75, 3.05) is 68.7 Å². The number of amides is 3. The molecule has 1 spiro atoms. The lowest BCUT2D eigenvalue weighted by atomic mass is 9.71. The number of rotatable bonds is 13. The van der Waals surface area contributed by atoms with Crippen molar-refractivity contribution in [1.82, 2.24) is 35.1 Å². The zero-order valence-corrected chi connectivity index (χ0v) is 41.6. The van der Waals surface area contributed by atoms with Crippen molar-refractivity contribution in [2.24, 2.45) is 5.41 Å². The van der Waals surface area contributed by atoms with Crippen LogP contribution in [-0.4, -0.2) is 107 Å². The Balaban J connectivity index is 0.726. The van der Waals surface area contributed by atoms with Crippen LogP contribution in [0.25, 0.3) is 11.0 Å². The molecule has 3 saturated heterocycles. The summed E-state index contributed by atoms with van der Waals surface area (Å²) in [7, 11) is -1.08. The second-order valence-corrected chi connectivity index (χ2v) is 22.9. The highest BCUT2D eigenvalue weighted by atomic mass is 79.9. The van der Waals surface area contributed by atoms with Crippen molar-refractivity contribution in [3.8, 4) is 17.6 Å². The van der Waals surface area contributed by atoms with Gasteiger partial charge < -0.3 is 34.6 Å². The average molecular weight is 1000 g/mol. The van der Waals surface area contributed by atoms with Crippen LogP contribution >= 0.6 is 23.1 Å². The van der Waals surface area contributed by atoms with Crippen molar-refractivity contribution >= 4 is 86.0 Å². The number of unbranched alkanes of at least 4 members (excludes halogenated alkanes) is 3. The van der Waals surface area contributed by atoms with E-state index < -0.39 is 19.1 Å². The summed E-state index contributed by atoms with van der Waals surface area (Å²) < 4.78 is 20.1. The maximum Gasteiger partial charge on any atom is 0.255 e. The molecule has 6 heterocycles. The Morgan fingerprint density at radius 3 is 2.47 bits per heavy atom. The molecular formula is C51H58BrN10O5P. The van der Waals surface area contributed by atoms with Gasteiger partial charge in [-0.2, -0.15) is 4.98 Å². The molecule has 1 unspecified atom stereocenters. The van der Waals surface area contributed by atoms with Crippen LogP contribution in [0.2, 0.25) is 0 Å². The molecule has 0 saturated carbocycles. The molecule has 0 aliphatic carbocycles. The zero-order valence-electron chi connectivity index (χ0n) is 39.2. The third kappa shape index (κ3) is 10.3. The molecule has 9 rings (SSSR count). The minimum atomic E-state index is -2.77. The molecule has 1 atom stereocenters. The molecule has 2 aromatic heterocycles. The maximum absolute atomic E-state index is 13.5. The number of piperidine rings is 3. The predicted octanol–water partition coefficient (Wildman–Crippen LogP) is 8.29. The third-order valence-corrected chi connectivity index (χ3v) is 16.1. The summed E-state index contributed by atoms with van der Waals surface area (Å²) in [5.41, 5.74) is 7.78. The lowest BCUT2D eigenvalue weighted by molar-refractivity contribution is -0.136. The van der Waals surface area contributed by atoms with Gasteiger partial charge in [-0.1, -0.05) is 18.3 Å². The van der Waals surface area contributed by atoms with Gasteiger partial charge in [0.05, 0.1) is 33.8 Å². The number of hydrogen-bond donors (Lipinski definition) is 3. The van der Waals surface area contributed by atoms with E-state index in [-0.39, 0.29) is 18.2 Å². The van der Waals surface area contributed by atoms with Crippen molar-refractivity contribution < 1.29 is 23.7 Å². The topological polar surface area (TPSA) is 175 Å². The molecule has 17 heteroatoms. The fourth-order valence-corrected chi connectivity index (χ4v) is 11.9. The molecule has 4 aliphatic rings. The normalized spacial score (nSPS) is 18.3. The van der Waals surface area contributed by atoms with Gasteiger partial charge in [-0.3, -0.25) is 29.7 Å². The summed E-state index contributed by atoms with van der Waals surface area (Å²) in [6.45, 7) is 11.4. The molecule has 3 fully saturated rings. The van der Waals surface area contributed by atoms with E-state index in [1.807, 2.05) is 30.3 Å². The molecule has 3 amide bonds. The Morgan fingerprint density at radius 2 is 1.71 bits per heavy atom. The number of aryl methyl sites for hydroxylation is 1. The summed E-state index contributed by atoms with van der Waals surface area (Å²) in [5.74, 6) is 7.37. The number of hydrogen-bond acceptors (Lipinski definition) is 13. The number of halogens is 1. The first-order valence-corrected chi connectivity index (χ1v) is 27.0. The summed E-state index contributed by atoms with van der Waals surface area (Å²) >= 11 is 3.60. The zero-order chi connectivity index (χ0) is 47.6. The number of benzene rings is 3. The molecule has 4 aliphatic heterocycles. The Labute approximate surface area is 406 Å². The molecule has 3 N–H and O–H groups in total. The van der Waals surface area contributed by atoms with Crippen LogP contribution in [-0.2, 0) is 20.7 Å². The number of nitrogens with zero attached hydrogens (tertiary/aromatic N) is 7. The highest BCUT2D eigenvalue weighted by Gasteiger charge is 2.40. The first-order chi connectivity index (χ1) is 32.8. The van der Waals surface area contributed by atoms with E-state index in [1.165, 1.54) is 37.8 Å². The lowest BCUT2D eigenvalue weighted by Crippen LogP contribution is -2.52. The highest BCUT2D eigenvalue weighted by molar-refractivity contribution is 9.10. The van der Waals surface area contributed by atoms with Gasteiger partial charge in [-0.25, -0.2) is 4.98 Å². The standard InChI is InChI=1S/C51H58BrN10O5P/c1-33-28-40(57-50-55-31-37(52)47(59-50)56-39-14-13-38-45(54-22-21-53-38)46(39)68(3,4)66)43(67-2)30-42(33)61-26-19-51(20-27-61)17-24-60(25-18-51)23-9-7-5-6-8-10-34-11-12-36-35(29-34)32-62(49(36)65)41-15-16-44(63)58-48(41)64/h11-14,21-22,28-31,41H,5-7,9,15-20,23-27,32H2,1-4H3,(H,58,63,64)(H2,55,56,57,59). The fraction of sp³-hybridized carbons (Fsp3) is 0.431. The van der Waals surface area contributed by atoms with E-state index in [0.29, 0.717) is 68.0 Å². The third-order valence-electron chi connectivity index (χ3n) is 14.0. The van der Waals surface area contributed by atoms with Crippen LogP contribution in [0.5, 0.6) is 5.75 Å². The van der Waals surface area contributed by atoms with Gasteiger partial charge >= 0.3 is 0 Å². The largest absolute Gasteiger partial charge is 0.494 e. The Morgan fingerprint density at radius 1 is 0.926 bits per heavy atom. The minimum Gasteiger partial charge on any atom is -0.494 e. The first kappa shape index (κ1) is 47.2. The Kier molecular flexibility index (Phi) is 13.9. The second kappa shape index (κ2) is 20.0. The lowest BCUT2D eigenvalue weighted by Gasteiger charge is -2.47. The van der Waals surface area contributed by atoms with Crippen LogP contribution in [0.15, 0.2) is 65.5 Å². The number of carbonyl (C=O) groups excluding carboxylic acids is 3. The molecule has 5 aromatic rings. The number of anilines is 5. The monoisotopic (exact) mass is 1000 g/mol. The maximum atomic E-state index is 13.5. The smallest absolute Gasteiger partial charge is 0.255 e. The van der Waals surface area contributed by atoms with Crippen molar-refractivity contribution in [3.63, 3.8) is 0 Å². The van der Waals surface area contributed by atoms with Gasteiger partial charge in [-0.15, -0.1) is 0 Å². The number of methoxy groups -OCH3 is 1. The van der Waals surface area contributed by atoms with Gasteiger partial charge in [-0.05, 0) is 154 Å². The van der Waals surface area contributed by atoms with E-state index in [9.17, 15) is 18.9 Å². The second-order valence-electron chi connectivity index (χ2n) is 18.9. The van der Waals surface area contributed by atoms with Gasteiger partial charge in [0.25, 0.3) is 5.91 Å². The molecule has 354 valence electrons. The summed E-state index contributed by atoms with van der Waals surface area (Å²) in [4.78, 5) is 62.0. The van der Waals surface area contributed by atoms with Crippen molar-refractivity contribution in [1.29, 1.82) is 0 Å². The van der Waals surface area contributed by atoms with E-state index in [4.69, 9.17) is 9.72 Å². The van der Waals surface area contributed by atoms with Crippen molar-refractivity contribution in [3.05, 3.63) is 87.8 Å². The summed E-state index contributed by atoms with van der Waals surface area (Å²) in [6, 6.07) is 13.0. The van der Waals surface area contributed by atoms with E-state index in [0.717, 1.165) is 74.4 Å². The number of ether oxygens (including phenoxy) is 1. The van der Waals surface area contributed by atoms with E-state index >= 15 is 0 Å². The number of likely N-dealkylation sites (tertiary alicyclic amines) is 1. The summed E-state index contributed by atoms with van der Waals surface area (Å²) in [6.07, 6.45) is 14.6. The van der Waals surface area contributed by atoms with Gasteiger partial charge in [0.1, 0.15) is 30.3 Å². The number of fused-ring (bicyclic) bond motifs is 2. The quantitative estimate of drug-likeness (QED) is 0.0445. The van der Waals surface area contributed by atoms with Crippen LogP contribution in [0.1, 0.15) is 91.3 Å². The number of nitrogens with one attached hydrogen (secondary N) is 3. The van der Waals surface area contributed by atoms with Crippen LogP contribution in [0.3, 0.4) is 0 Å². The van der Waals surface area contributed by atoms with Crippen molar-refractivity contribution in [2.45, 2.75) is 83.7 Å². The van der Waals surface area contributed by atoms with E-state index in [2.05, 4.69) is 87.5 Å². The molecule has 15 nitrogen and oxygen atoms in total. The van der Waals surface area contributed by atoms with Gasteiger partial charge in [0, 0.05) is 73.9 Å². The van der Waals surface area contributed by atoms with Gasteiger partial charge in [0.2, 0.25) is 17.8 Å². The summed E-state index contributed by atoms with van der Waals surface area (Å²) in [5, 5.41) is 9.74. The number of carbonyl (C=O) groups is 3. The number of aromatic nitrogens is 4. The Bertz CT molecular complexity index is 2880. The SMILES string of the molecule is COc1cc(N2CCC3(CCN(CCCCCC#Cc4ccc5c(c4)CN(C4CCC(=O)NC4=O)C5=O)CC3)CC2)c(C)cc1Nc1ncc(Br)c(Nc2ccc3nccnc3c2P(C)(C)=O)n1. The van der Waals surface area contributed by atoms with Crippen LogP contribution in [0, 0.1) is 24.2 Å². The highest BCUT2D eigenvalue weighted by Crippen LogP contribution is 2.45. The van der Waals surface area contributed by atoms with Gasteiger partial charge in [0.15, 0.2) is 0 Å².